The molecule has 0 aliphatic carbocycles. The van der Waals surface area contributed by atoms with Crippen LogP contribution in [0.3, 0.4) is 0 Å². The van der Waals surface area contributed by atoms with Crippen molar-refractivity contribution in [2.24, 2.45) is 0 Å². The van der Waals surface area contributed by atoms with Crippen molar-refractivity contribution in [2.45, 2.75) is 0 Å². The maximum absolute atomic E-state index is 9.10. The Labute approximate surface area is 99.5 Å². The molecule has 0 aliphatic heterocycles. The van der Waals surface area contributed by atoms with Gasteiger partial charge in [-0.15, -0.1) is 0 Å². The lowest BCUT2D eigenvalue weighted by Gasteiger charge is -2.09. The smallest absolute Gasteiger partial charge is 0.152 e. The number of para-hydroxylation sites is 1. The van der Waals surface area contributed by atoms with E-state index in [0.717, 1.165) is 5.69 Å². The Morgan fingerprint density at radius 1 is 1.24 bits per heavy atom. The van der Waals surface area contributed by atoms with Crippen LogP contribution < -0.4 is 10.1 Å². The van der Waals surface area contributed by atoms with Crippen LogP contribution in [0, 0.1) is 11.3 Å². The van der Waals surface area contributed by atoms with E-state index in [9.17, 15) is 0 Å². The first-order chi connectivity index (χ1) is 8.35. The summed E-state index contributed by atoms with van der Waals surface area (Å²) in [5, 5.41) is 12.2. The molecule has 1 aromatic carbocycles. The molecule has 0 aliphatic rings. The van der Waals surface area contributed by atoms with Crippen molar-refractivity contribution in [1.29, 1.82) is 5.26 Å². The van der Waals surface area contributed by atoms with E-state index in [1.807, 2.05) is 30.3 Å². The molecule has 0 fully saturated rings. The van der Waals surface area contributed by atoms with E-state index in [2.05, 4.69) is 16.4 Å². The highest BCUT2D eigenvalue weighted by molar-refractivity contribution is 5.66. The third-order valence-electron chi connectivity index (χ3n) is 2.28. The number of pyridine rings is 1. The van der Waals surface area contributed by atoms with E-state index in [0.29, 0.717) is 17.1 Å². The van der Waals surface area contributed by atoms with Crippen molar-refractivity contribution in [3.8, 4) is 11.8 Å². The van der Waals surface area contributed by atoms with E-state index < -0.39 is 0 Å². The molecule has 0 amide bonds. The number of hydrogen-bond donors (Lipinski definition) is 1. The molecule has 17 heavy (non-hydrogen) atoms. The Balaban J connectivity index is 2.37. The van der Waals surface area contributed by atoms with Crippen molar-refractivity contribution >= 4 is 11.5 Å². The molecule has 1 heterocycles. The molecular weight excluding hydrogens is 214 g/mol. The fourth-order valence-electron chi connectivity index (χ4n) is 1.48. The van der Waals surface area contributed by atoms with Crippen LogP contribution in [0.15, 0.2) is 42.6 Å². The second kappa shape index (κ2) is 4.99. The summed E-state index contributed by atoms with van der Waals surface area (Å²) in [4.78, 5) is 4.14. The standard InChI is InChI=1S/C13H11N3O/c1-17-12-7-8-15-13(11(12)9-14)16-10-5-3-2-4-6-10/h2-8H,1H3,(H,15,16). The zero-order chi connectivity index (χ0) is 12.1. The SMILES string of the molecule is COc1ccnc(Nc2ccccc2)c1C#N. The number of methoxy groups -OCH3 is 1. The Morgan fingerprint density at radius 3 is 2.65 bits per heavy atom. The van der Waals surface area contributed by atoms with Gasteiger partial charge in [-0.1, -0.05) is 18.2 Å². The maximum atomic E-state index is 9.10. The van der Waals surface area contributed by atoms with Crippen molar-refractivity contribution in [3.05, 3.63) is 48.2 Å². The number of aromatic nitrogens is 1. The van der Waals surface area contributed by atoms with Crippen molar-refractivity contribution in [1.82, 2.24) is 4.98 Å². The van der Waals surface area contributed by atoms with Crippen molar-refractivity contribution < 1.29 is 4.74 Å². The quantitative estimate of drug-likeness (QED) is 0.872. The Bertz CT molecular complexity index is 546. The zero-order valence-electron chi connectivity index (χ0n) is 9.34. The molecule has 0 bridgehead atoms. The van der Waals surface area contributed by atoms with E-state index in [4.69, 9.17) is 10.00 Å². The summed E-state index contributed by atoms with van der Waals surface area (Å²) < 4.78 is 5.11. The monoisotopic (exact) mass is 225 g/mol. The van der Waals surface area contributed by atoms with Gasteiger partial charge in [0.15, 0.2) is 5.82 Å². The third kappa shape index (κ3) is 2.34. The fraction of sp³-hybridized carbons (Fsp3) is 0.0769. The van der Waals surface area contributed by atoms with Crippen LogP contribution in [0.25, 0.3) is 0 Å². The van der Waals surface area contributed by atoms with Gasteiger partial charge in [0.2, 0.25) is 0 Å². The van der Waals surface area contributed by atoms with Crippen molar-refractivity contribution in [2.75, 3.05) is 12.4 Å². The van der Waals surface area contributed by atoms with Gasteiger partial charge in [0.1, 0.15) is 17.4 Å². The van der Waals surface area contributed by atoms with Crippen LogP contribution in [-0.2, 0) is 0 Å². The fourth-order valence-corrected chi connectivity index (χ4v) is 1.48. The summed E-state index contributed by atoms with van der Waals surface area (Å²) in [6.45, 7) is 0. The van der Waals surface area contributed by atoms with E-state index in [1.54, 1.807) is 12.3 Å². The number of rotatable bonds is 3. The third-order valence-corrected chi connectivity index (χ3v) is 2.28. The molecule has 0 saturated carbocycles. The molecular formula is C13H11N3O. The first-order valence-electron chi connectivity index (χ1n) is 5.10. The molecule has 2 aromatic rings. The first kappa shape index (κ1) is 11.0. The van der Waals surface area contributed by atoms with Gasteiger partial charge in [-0.25, -0.2) is 4.98 Å². The molecule has 0 radical (unpaired) electrons. The molecule has 0 saturated heterocycles. The molecule has 84 valence electrons. The first-order valence-corrected chi connectivity index (χ1v) is 5.10. The second-order valence-electron chi connectivity index (χ2n) is 3.34. The predicted molar refractivity (Wildman–Crippen MR) is 65.2 cm³/mol. The van der Waals surface area contributed by atoms with Gasteiger partial charge >= 0.3 is 0 Å². The lowest BCUT2D eigenvalue weighted by Crippen LogP contribution is -1.98. The molecule has 1 aromatic heterocycles. The molecule has 4 nitrogen and oxygen atoms in total. The molecule has 2 rings (SSSR count). The van der Waals surface area contributed by atoms with E-state index in [-0.39, 0.29) is 0 Å². The minimum Gasteiger partial charge on any atom is -0.495 e. The van der Waals surface area contributed by atoms with E-state index in [1.165, 1.54) is 7.11 Å². The van der Waals surface area contributed by atoms with Gasteiger partial charge in [0, 0.05) is 11.9 Å². The van der Waals surface area contributed by atoms with Gasteiger partial charge in [-0.2, -0.15) is 5.26 Å². The number of nitriles is 1. The molecule has 0 unspecified atom stereocenters. The summed E-state index contributed by atoms with van der Waals surface area (Å²) >= 11 is 0. The van der Waals surface area contributed by atoms with E-state index >= 15 is 0 Å². The number of nitrogens with zero attached hydrogens (tertiary/aromatic N) is 2. The number of benzene rings is 1. The van der Waals surface area contributed by atoms with Crippen LogP contribution in [0.5, 0.6) is 5.75 Å². The summed E-state index contributed by atoms with van der Waals surface area (Å²) in [5.41, 5.74) is 1.28. The second-order valence-corrected chi connectivity index (χ2v) is 3.34. The zero-order valence-corrected chi connectivity index (χ0v) is 9.34. The number of nitrogens with one attached hydrogen (secondary N) is 1. The normalized spacial score (nSPS) is 9.41. The number of ether oxygens (including phenoxy) is 1. The van der Waals surface area contributed by atoms with Crippen LogP contribution in [0.4, 0.5) is 11.5 Å². The average Bonchev–Trinajstić information content (AvgIpc) is 2.39. The van der Waals surface area contributed by atoms with Crippen molar-refractivity contribution in [3.63, 3.8) is 0 Å². The molecule has 0 atom stereocenters. The predicted octanol–water partition coefficient (Wildman–Crippen LogP) is 2.71. The Kier molecular flexibility index (Phi) is 3.22. The maximum Gasteiger partial charge on any atom is 0.152 e. The number of anilines is 2. The minimum absolute atomic E-state index is 0.402. The van der Waals surface area contributed by atoms with Crippen LogP contribution in [0.2, 0.25) is 0 Å². The summed E-state index contributed by atoms with van der Waals surface area (Å²) in [6.07, 6.45) is 1.60. The minimum atomic E-state index is 0.402. The summed E-state index contributed by atoms with van der Waals surface area (Å²) in [6, 6.07) is 13.3. The molecule has 0 spiro atoms. The lowest BCUT2D eigenvalue weighted by molar-refractivity contribution is 0.413. The van der Waals surface area contributed by atoms with Gasteiger partial charge in [0.25, 0.3) is 0 Å². The Hall–Kier alpha value is -2.54. The largest absolute Gasteiger partial charge is 0.495 e. The highest BCUT2D eigenvalue weighted by Gasteiger charge is 2.09. The van der Waals surface area contributed by atoms with Gasteiger partial charge in [-0.3, -0.25) is 0 Å². The summed E-state index contributed by atoms with van der Waals surface area (Å²) in [7, 11) is 1.53. The van der Waals surface area contributed by atoms with Crippen LogP contribution in [-0.4, -0.2) is 12.1 Å². The molecule has 4 heteroatoms. The van der Waals surface area contributed by atoms with Crippen LogP contribution in [0.1, 0.15) is 5.56 Å². The lowest BCUT2D eigenvalue weighted by atomic mass is 10.2. The summed E-state index contributed by atoms with van der Waals surface area (Å²) in [5.74, 6) is 1.01. The van der Waals surface area contributed by atoms with Crippen LogP contribution >= 0.6 is 0 Å². The van der Waals surface area contributed by atoms with Gasteiger partial charge in [0.05, 0.1) is 7.11 Å². The highest BCUT2D eigenvalue weighted by atomic mass is 16.5. The van der Waals surface area contributed by atoms with Gasteiger partial charge in [-0.05, 0) is 18.2 Å². The highest BCUT2D eigenvalue weighted by Crippen LogP contribution is 2.25. The van der Waals surface area contributed by atoms with Gasteiger partial charge < -0.3 is 10.1 Å². The average molecular weight is 225 g/mol. The Morgan fingerprint density at radius 2 is 2.00 bits per heavy atom. The number of hydrogen-bond acceptors (Lipinski definition) is 4. The topological polar surface area (TPSA) is 57.9 Å². The molecule has 1 N–H and O–H groups in total.